The summed E-state index contributed by atoms with van der Waals surface area (Å²) in [5.41, 5.74) is 1.30. The zero-order valence-electron chi connectivity index (χ0n) is 11.4. The average Bonchev–Trinajstić information content (AvgIpc) is 2.98. The SMILES string of the molecule is CNC(COc1ccccc1)c1cccc2ccsc12. The number of benzene rings is 2. The highest BCUT2D eigenvalue weighted by molar-refractivity contribution is 7.17. The number of hydrogen-bond acceptors (Lipinski definition) is 3. The number of nitrogens with one attached hydrogen (secondary N) is 1. The maximum Gasteiger partial charge on any atom is 0.119 e. The summed E-state index contributed by atoms with van der Waals surface area (Å²) in [5.74, 6) is 0.908. The Hall–Kier alpha value is -1.84. The third kappa shape index (κ3) is 2.69. The monoisotopic (exact) mass is 283 g/mol. The minimum atomic E-state index is 0.192. The minimum Gasteiger partial charge on any atom is -0.492 e. The molecule has 3 aromatic rings. The van der Waals surface area contributed by atoms with Crippen molar-refractivity contribution in [3.8, 4) is 5.75 Å². The van der Waals surface area contributed by atoms with Gasteiger partial charge in [-0.15, -0.1) is 11.3 Å². The van der Waals surface area contributed by atoms with E-state index in [9.17, 15) is 0 Å². The molecule has 3 rings (SSSR count). The van der Waals surface area contributed by atoms with E-state index in [2.05, 4.69) is 35.0 Å². The van der Waals surface area contributed by atoms with Gasteiger partial charge in [0.05, 0.1) is 6.04 Å². The predicted molar refractivity (Wildman–Crippen MR) is 85.6 cm³/mol. The predicted octanol–water partition coefficient (Wildman–Crippen LogP) is 4.24. The largest absolute Gasteiger partial charge is 0.492 e. The lowest BCUT2D eigenvalue weighted by atomic mass is 10.1. The van der Waals surface area contributed by atoms with Gasteiger partial charge in [-0.3, -0.25) is 0 Å². The van der Waals surface area contributed by atoms with Gasteiger partial charge in [-0.2, -0.15) is 0 Å². The van der Waals surface area contributed by atoms with Crippen LogP contribution in [0.5, 0.6) is 5.75 Å². The summed E-state index contributed by atoms with van der Waals surface area (Å²) in [4.78, 5) is 0. The van der Waals surface area contributed by atoms with Gasteiger partial charge in [0, 0.05) is 4.70 Å². The van der Waals surface area contributed by atoms with Crippen LogP contribution in [-0.4, -0.2) is 13.7 Å². The second-order valence-corrected chi connectivity index (χ2v) is 5.57. The second-order valence-electron chi connectivity index (χ2n) is 4.65. The summed E-state index contributed by atoms with van der Waals surface area (Å²) < 4.78 is 7.22. The number of likely N-dealkylation sites (N-methyl/N-ethyl adjacent to an activating group) is 1. The zero-order valence-corrected chi connectivity index (χ0v) is 12.2. The van der Waals surface area contributed by atoms with Gasteiger partial charge in [0.1, 0.15) is 12.4 Å². The fourth-order valence-electron chi connectivity index (χ4n) is 2.32. The lowest BCUT2D eigenvalue weighted by Crippen LogP contribution is -2.23. The standard InChI is InChI=1S/C17H17NOS/c1-18-16(12-19-14-7-3-2-4-8-14)15-9-5-6-13-10-11-20-17(13)15/h2-11,16,18H,12H2,1H3. The molecule has 0 saturated heterocycles. The second kappa shape index (κ2) is 6.07. The molecule has 0 amide bonds. The van der Waals surface area contributed by atoms with Crippen LogP contribution in [0.15, 0.2) is 60.0 Å². The van der Waals surface area contributed by atoms with E-state index >= 15 is 0 Å². The maximum absolute atomic E-state index is 5.88. The Kier molecular flexibility index (Phi) is 4.00. The van der Waals surface area contributed by atoms with E-state index < -0.39 is 0 Å². The molecule has 0 aliphatic rings. The van der Waals surface area contributed by atoms with Gasteiger partial charge in [0.2, 0.25) is 0 Å². The van der Waals surface area contributed by atoms with E-state index in [1.54, 1.807) is 11.3 Å². The summed E-state index contributed by atoms with van der Waals surface area (Å²) >= 11 is 1.78. The molecule has 0 saturated carbocycles. The molecule has 0 spiro atoms. The van der Waals surface area contributed by atoms with Crippen molar-refractivity contribution in [3.05, 3.63) is 65.5 Å². The van der Waals surface area contributed by atoms with Gasteiger partial charge in [0.25, 0.3) is 0 Å². The van der Waals surface area contributed by atoms with Gasteiger partial charge < -0.3 is 10.1 Å². The smallest absolute Gasteiger partial charge is 0.119 e. The van der Waals surface area contributed by atoms with Crippen molar-refractivity contribution >= 4 is 21.4 Å². The minimum absolute atomic E-state index is 0.192. The van der Waals surface area contributed by atoms with Crippen LogP contribution in [0.3, 0.4) is 0 Å². The molecule has 1 heterocycles. The highest BCUT2D eigenvalue weighted by atomic mass is 32.1. The molecule has 1 aromatic heterocycles. The lowest BCUT2D eigenvalue weighted by Gasteiger charge is -2.18. The number of para-hydroxylation sites is 1. The summed E-state index contributed by atoms with van der Waals surface area (Å²) in [6, 6.07) is 18.7. The van der Waals surface area contributed by atoms with E-state index in [1.807, 2.05) is 37.4 Å². The maximum atomic E-state index is 5.88. The molecule has 2 aromatic carbocycles. The van der Waals surface area contributed by atoms with Crippen molar-refractivity contribution in [2.75, 3.05) is 13.7 Å². The first-order valence-electron chi connectivity index (χ1n) is 6.69. The van der Waals surface area contributed by atoms with Crippen LogP contribution in [0.1, 0.15) is 11.6 Å². The summed E-state index contributed by atoms with van der Waals surface area (Å²) in [6.07, 6.45) is 0. The topological polar surface area (TPSA) is 21.3 Å². The van der Waals surface area contributed by atoms with Crippen LogP contribution in [0.25, 0.3) is 10.1 Å². The van der Waals surface area contributed by atoms with Gasteiger partial charge in [-0.1, -0.05) is 36.4 Å². The third-order valence-corrected chi connectivity index (χ3v) is 4.37. The summed E-state index contributed by atoms with van der Waals surface area (Å²) in [5, 5.41) is 6.79. The Morgan fingerprint density at radius 2 is 1.90 bits per heavy atom. The molecule has 0 aliphatic carbocycles. The average molecular weight is 283 g/mol. The fraction of sp³-hybridized carbons (Fsp3) is 0.176. The number of thiophene rings is 1. The fourth-order valence-corrected chi connectivity index (χ4v) is 3.28. The molecule has 0 radical (unpaired) electrons. The quantitative estimate of drug-likeness (QED) is 0.756. The Bertz CT molecular complexity index is 678. The van der Waals surface area contributed by atoms with Crippen LogP contribution < -0.4 is 10.1 Å². The van der Waals surface area contributed by atoms with E-state index in [1.165, 1.54) is 15.6 Å². The van der Waals surface area contributed by atoms with Crippen LogP contribution in [-0.2, 0) is 0 Å². The molecule has 0 aliphatic heterocycles. The Balaban J connectivity index is 1.81. The van der Waals surface area contributed by atoms with Crippen LogP contribution in [0, 0.1) is 0 Å². The number of rotatable bonds is 5. The third-order valence-electron chi connectivity index (χ3n) is 3.39. The van der Waals surface area contributed by atoms with E-state index in [-0.39, 0.29) is 6.04 Å². The molecule has 0 bridgehead atoms. The molecular weight excluding hydrogens is 266 g/mol. The highest BCUT2D eigenvalue weighted by Crippen LogP contribution is 2.29. The van der Waals surface area contributed by atoms with Gasteiger partial charge in [0.15, 0.2) is 0 Å². The summed E-state index contributed by atoms with van der Waals surface area (Å²) in [6.45, 7) is 0.623. The van der Waals surface area contributed by atoms with Crippen molar-refractivity contribution in [1.29, 1.82) is 0 Å². The van der Waals surface area contributed by atoms with Crippen LogP contribution in [0.4, 0.5) is 0 Å². The number of fused-ring (bicyclic) bond motifs is 1. The number of ether oxygens (including phenoxy) is 1. The first kappa shape index (κ1) is 13.2. The lowest BCUT2D eigenvalue weighted by molar-refractivity contribution is 0.274. The first-order valence-corrected chi connectivity index (χ1v) is 7.57. The molecular formula is C17H17NOS. The van der Waals surface area contributed by atoms with Crippen molar-refractivity contribution in [2.24, 2.45) is 0 Å². The molecule has 3 heteroatoms. The van der Waals surface area contributed by atoms with Crippen molar-refractivity contribution in [3.63, 3.8) is 0 Å². The normalized spacial score (nSPS) is 12.4. The highest BCUT2D eigenvalue weighted by Gasteiger charge is 2.14. The molecule has 20 heavy (non-hydrogen) atoms. The Morgan fingerprint density at radius 3 is 2.70 bits per heavy atom. The molecule has 1 unspecified atom stereocenters. The van der Waals surface area contributed by atoms with Crippen LogP contribution in [0.2, 0.25) is 0 Å². The van der Waals surface area contributed by atoms with Crippen LogP contribution >= 0.6 is 11.3 Å². The molecule has 1 N–H and O–H groups in total. The van der Waals surface area contributed by atoms with E-state index in [0.29, 0.717) is 6.61 Å². The van der Waals surface area contributed by atoms with Gasteiger partial charge in [-0.25, -0.2) is 0 Å². The Morgan fingerprint density at radius 1 is 1.05 bits per heavy atom. The van der Waals surface area contributed by atoms with E-state index in [0.717, 1.165) is 5.75 Å². The Labute approximate surface area is 123 Å². The number of hydrogen-bond donors (Lipinski definition) is 1. The molecule has 2 nitrogen and oxygen atoms in total. The van der Waals surface area contributed by atoms with Crippen molar-refractivity contribution in [2.45, 2.75) is 6.04 Å². The van der Waals surface area contributed by atoms with Crippen molar-refractivity contribution in [1.82, 2.24) is 5.32 Å². The van der Waals surface area contributed by atoms with Gasteiger partial charge >= 0.3 is 0 Å². The first-order chi connectivity index (χ1) is 9.88. The summed E-state index contributed by atoms with van der Waals surface area (Å²) in [7, 11) is 1.98. The zero-order chi connectivity index (χ0) is 13.8. The van der Waals surface area contributed by atoms with E-state index in [4.69, 9.17) is 4.74 Å². The van der Waals surface area contributed by atoms with Gasteiger partial charge in [-0.05, 0) is 41.6 Å². The van der Waals surface area contributed by atoms with Crippen molar-refractivity contribution < 1.29 is 4.74 Å². The molecule has 1 atom stereocenters. The molecule has 0 fully saturated rings. The molecule has 102 valence electrons.